The largest absolute Gasteiger partial charge is 0.355 e. The standard InChI is InChI=1S/C11H22N2OS/c1-15-9-4-2-3-7-13-11(14)10-6-5-8-12-10/h10,12H,2-9H2,1H3,(H,13,14)/t10-/m0/s1. The van der Waals surface area contributed by atoms with Crippen molar-refractivity contribution >= 4 is 17.7 Å². The molecule has 1 saturated heterocycles. The molecule has 0 spiro atoms. The van der Waals surface area contributed by atoms with E-state index in [1.54, 1.807) is 0 Å². The highest BCUT2D eigenvalue weighted by Crippen LogP contribution is 2.05. The van der Waals surface area contributed by atoms with E-state index in [0.29, 0.717) is 0 Å². The van der Waals surface area contributed by atoms with Gasteiger partial charge in [0.15, 0.2) is 0 Å². The van der Waals surface area contributed by atoms with Gasteiger partial charge in [-0.15, -0.1) is 0 Å². The summed E-state index contributed by atoms with van der Waals surface area (Å²) in [6, 6.07) is 0.0798. The van der Waals surface area contributed by atoms with Crippen LogP contribution in [0.4, 0.5) is 0 Å². The van der Waals surface area contributed by atoms with Crippen LogP contribution in [0.25, 0.3) is 0 Å². The molecule has 1 atom stereocenters. The van der Waals surface area contributed by atoms with Crippen LogP contribution in [0.5, 0.6) is 0 Å². The van der Waals surface area contributed by atoms with Gasteiger partial charge in [0.25, 0.3) is 0 Å². The highest BCUT2D eigenvalue weighted by atomic mass is 32.2. The molecular weight excluding hydrogens is 208 g/mol. The summed E-state index contributed by atoms with van der Waals surface area (Å²) in [6.07, 6.45) is 7.86. The average Bonchev–Trinajstić information content (AvgIpc) is 2.76. The third-order valence-corrected chi connectivity index (χ3v) is 3.40. The number of unbranched alkanes of at least 4 members (excludes halogenated alkanes) is 2. The Labute approximate surface area is 96.8 Å². The number of thioether (sulfide) groups is 1. The molecule has 1 rings (SSSR count). The van der Waals surface area contributed by atoms with Crippen molar-refractivity contribution in [3.63, 3.8) is 0 Å². The third kappa shape index (κ3) is 5.42. The molecule has 0 aromatic carbocycles. The number of nitrogens with one attached hydrogen (secondary N) is 2. The van der Waals surface area contributed by atoms with E-state index in [4.69, 9.17) is 0 Å². The van der Waals surface area contributed by atoms with Crippen LogP contribution in [0, 0.1) is 0 Å². The molecular formula is C11H22N2OS. The van der Waals surface area contributed by atoms with Crippen molar-refractivity contribution in [2.45, 2.75) is 38.1 Å². The second kappa shape index (κ2) is 7.99. The van der Waals surface area contributed by atoms with E-state index in [9.17, 15) is 4.79 Å². The van der Waals surface area contributed by atoms with Gasteiger partial charge in [0.1, 0.15) is 0 Å². The lowest BCUT2D eigenvalue weighted by atomic mass is 10.2. The molecule has 2 N–H and O–H groups in total. The fourth-order valence-corrected chi connectivity index (χ4v) is 2.28. The SMILES string of the molecule is CSCCCCCNC(=O)[C@@H]1CCCN1. The molecule has 1 aliphatic rings. The Kier molecular flexibility index (Phi) is 6.85. The summed E-state index contributed by atoms with van der Waals surface area (Å²) in [5.74, 6) is 1.43. The molecule has 1 aliphatic heterocycles. The number of hydrogen-bond donors (Lipinski definition) is 2. The van der Waals surface area contributed by atoms with Crippen LogP contribution in [-0.4, -0.2) is 37.0 Å². The molecule has 0 saturated carbocycles. The van der Waals surface area contributed by atoms with E-state index in [1.807, 2.05) is 11.8 Å². The fourth-order valence-electron chi connectivity index (χ4n) is 1.79. The Bertz CT molecular complexity index is 181. The van der Waals surface area contributed by atoms with Gasteiger partial charge >= 0.3 is 0 Å². The zero-order valence-corrected chi connectivity index (χ0v) is 10.4. The van der Waals surface area contributed by atoms with E-state index < -0.39 is 0 Å². The molecule has 1 heterocycles. The lowest BCUT2D eigenvalue weighted by Gasteiger charge is -2.10. The van der Waals surface area contributed by atoms with Gasteiger partial charge in [-0.25, -0.2) is 0 Å². The summed E-state index contributed by atoms with van der Waals surface area (Å²) in [5.41, 5.74) is 0. The predicted molar refractivity (Wildman–Crippen MR) is 66.3 cm³/mol. The smallest absolute Gasteiger partial charge is 0.237 e. The second-order valence-corrected chi connectivity index (χ2v) is 4.98. The topological polar surface area (TPSA) is 41.1 Å². The van der Waals surface area contributed by atoms with Crippen LogP contribution in [-0.2, 0) is 4.79 Å². The van der Waals surface area contributed by atoms with E-state index in [1.165, 1.54) is 18.6 Å². The maximum absolute atomic E-state index is 11.6. The van der Waals surface area contributed by atoms with Gasteiger partial charge in [-0.1, -0.05) is 6.42 Å². The van der Waals surface area contributed by atoms with Crippen LogP contribution in [0.2, 0.25) is 0 Å². The second-order valence-electron chi connectivity index (χ2n) is 3.99. The Morgan fingerprint density at radius 3 is 3.00 bits per heavy atom. The fraction of sp³-hybridized carbons (Fsp3) is 0.909. The van der Waals surface area contributed by atoms with E-state index in [-0.39, 0.29) is 11.9 Å². The molecule has 0 unspecified atom stereocenters. The first kappa shape index (κ1) is 12.8. The predicted octanol–water partition coefficient (Wildman–Crippen LogP) is 1.39. The van der Waals surface area contributed by atoms with Crippen LogP contribution in [0.3, 0.4) is 0 Å². The average molecular weight is 230 g/mol. The Hall–Kier alpha value is -0.220. The molecule has 0 bridgehead atoms. The van der Waals surface area contributed by atoms with E-state index in [2.05, 4.69) is 16.9 Å². The Morgan fingerprint density at radius 2 is 2.33 bits per heavy atom. The molecule has 1 fully saturated rings. The number of carbonyl (C=O) groups excluding carboxylic acids is 1. The first-order chi connectivity index (χ1) is 7.34. The lowest BCUT2D eigenvalue weighted by molar-refractivity contribution is -0.122. The monoisotopic (exact) mass is 230 g/mol. The zero-order chi connectivity index (χ0) is 10.9. The van der Waals surface area contributed by atoms with Crippen molar-refractivity contribution in [1.82, 2.24) is 10.6 Å². The summed E-state index contributed by atoms with van der Waals surface area (Å²) in [7, 11) is 0. The van der Waals surface area contributed by atoms with Crippen molar-refractivity contribution in [3.05, 3.63) is 0 Å². The quantitative estimate of drug-likeness (QED) is 0.649. The van der Waals surface area contributed by atoms with Crippen LogP contribution in [0.15, 0.2) is 0 Å². The van der Waals surface area contributed by atoms with Crippen molar-refractivity contribution in [1.29, 1.82) is 0 Å². The zero-order valence-electron chi connectivity index (χ0n) is 9.55. The summed E-state index contributed by atoms with van der Waals surface area (Å²) < 4.78 is 0. The van der Waals surface area contributed by atoms with Crippen molar-refractivity contribution in [3.8, 4) is 0 Å². The van der Waals surface area contributed by atoms with Gasteiger partial charge < -0.3 is 10.6 Å². The minimum atomic E-state index is 0.0798. The van der Waals surface area contributed by atoms with Crippen molar-refractivity contribution in [2.24, 2.45) is 0 Å². The van der Waals surface area contributed by atoms with Gasteiger partial charge in [0.2, 0.25) is 5.91 Å². The number of rotatable bonds is 7. The summed E-state index contributed by atoms with van der Waals surface area (Å²) in [5, 5.41) is 6.20. The van der Waals surface area contributed by atoms with Crippen molar-refractivity contribution in [2.75, 3.05) is 25.1 Å². The summed E-state index contributed by atoms with van der Waals surface area (Å²) in [4.78, 5) is 11.6. The highest BCUT2D eigenvalue weighted by molar-refractivity contribution is 7.98. The molecule has 1 amide bonds. The molecule has 0 radical (unpaired) electrons. The molecule has 4 heteroatoms. The van der Waals surface area contributed by atoms with Gasteiger partial charge in [-0.05, 0) is 44.2 Å². The molecule has 15 heavy (non-hydrogen) atoms. The number of carbonyl (C=O) groups is 1. The molecule has 3 nitrogen and oxygen atoms in total. The molecule has 0 aliphatic carbocycles. The van der Waals surface area contributed by atoms with E-state index >= 15 is 0 Å². The van der Waals surface area contributed by atoms with Crippen LogP contribution < -0.4 is 10.6 Å². The highest BCUT2D eigenvalue weighted by Gasteiger charge is 2.20. The van der Waals surface area contributed by atoms with E-state index in [0.717, 1.165) is 32.4 Å². The maximum Gasteiger partial charge on any atom is 0.237 e. The number of amides is 1. The lowest BCUT2D eigenvalue weighted by Crippen LogP contribution is -2.40. The van der Waals surface area contributed by atoms with Crippen LogP contribution >= 0.6 is 11.8 Å². The number of hydrogen-bond acceptors (Lipinski definition) is 3. The van der Waals surface area contributed by atoms with Crippen LogP contribution in [0.1, 0.15) is 32.1 Å². The summed E-state index contributed by atoms with van der Waals surface area (Å²) >= 11 is 1.89. The normalized spacial score (nSPS) is 20.5. The first-order valence-electron chi connectivity index (χ1n) is 5.84. The molecule has 88 valence electrons. The first-order valence-corrected chi connectivity index (χ1v) is 7.24. The van der Waals surface area contributed by atoms with Gasteiger partial charge in [0.05, 0.1) is 6.04 Å². The Balaban J connectivity index is 1.92. The van der Waals surface area contributed by atoms with Crippen molar-refractivity contribution < 1.29 is 4.79 Å². The maximum atomic E-state index is 11.6. The van der Waals surface area contributed by atoms with Gasteiger partial charge in [0, 0.05) is 6.54 Å². The Morgan fingerprint density at radius 1 is 1.47 bits per heavy atom. The minimum Gasteiger partial charge on any atom is -0.355 e. The summed E-state index contributed by atoms with van der Waals surface area (Å²) in [6.45, 7) is 1.83. The minimum absolute atomic E-state index is 0.0798. The van der Waals surface area contributed by atoms with Gasteiger partial charge in [-0.2, -0.15) is 11.8 Å². The third-order valence-electron chi connectivity index (χ3n) is 2.70. The molecule has 0 aromatic rings. The van der Waals surface area contributed by atoms with Gasteiger partial charge in [-0.3, -0.25) is 4.79 Å². The molecule has 0 aromatic heterocycles.